The van der Waals surface area contributed by atoms with Crippen molar-refractivity contribution in [3.63, 3.8) is 0 Å². The van der Waals surface area contributed by atoms with E-state index in [4.69, 9.17) is 4.74 Å². The first kappa shape index (κ1) is 16.6. The zero-order valence-electron chi connectivity index (χ0n) is 15.2. The molecule has 0 spiro atoms. The van der Waals surface area contributed by atoms with E-state index < -0.39 is 0 Å². The molecule has 2 fully saturated rings. The molecule has 3 aliphatic rings. The number of carbonyl (C=O) groups is 1. The fourth-order valence-electron chi connectivity index (χ4n) is 4.20. The smallest absolute Gasteiger partial charge is 0.289 e. The molecule has 140 valence electrons. The van der Waals surface area contributed by atoms with Gasteiger partial charge in [-0.3, -0.25) is 14.8 Å². The molecule has 0 radical (unpaired) electrons. The van der Waals surface area contributed by atoms with Gasteiger partial charge < -0.3 is 14.6 Å². The molecule has 4 heterocycles. The van der Waals surface area contributed by atoms with Crippen LogP contribution < -0.4 is 0 Å². The summed E-state index contributed by atoms with van der Waals surface area (Å²) in [6.07, 6.45) is 11.5. The number of aromatic nitrogens is 4. The second kappa shape index (κ2) is 6.88. The lowest BCUT2D eigenvalue weighted by Gasteiger charge is -2.39. The summed E-state index contributed by atoms with van der Waals surface area (Å²) in [6, 6.07) is 0. The molecule has 1 aliphatic carbocycles. The van der Waals surface area contributed by atoms with E-state index in [1.807, 2.05) is 11.0 Å². The van der Waals surface area contributed by atoms with Crippen LogP contribution in [-0.4, -0.2) is 57.0 Å². The molecule has 2 aromatic rings. The number of likely N-dealkylation sites (tertiary alicyclic amines) is 1. The van der Waals surface area contributed by atoms with Gasteiger partial charge in [0.2, 0.25) is 0 Å². The van der Waals surface area contributed by atoms with Gasteiger partial charge in [0.05, 0.1) is 17.1 Å². The number of hydrogen-bond acceptors (Lipinski definition) is 5. The highest BCUT2D eigenvalue weighted by Crippen LogP contribution is 2.34. The molecule has 0 unspecified atom stereocenters. The van der Waals surface area contributed by atoms with Crippen LogP contribution in [0.5, 0.6) is 0 Å². The van der Waals surface area contributed by atoms with Crippen molar-refractivity contribution in [2.24, 2.45) is 0 Å². The zero-order valence-corrected chi connectivity index (χ0v) is 15.2. The van der Waals surface area contributed by atoms with Crippen molar-refractivity contribution in [3.05, 3.63) is 47.1 Å². The molecule has 1 N–H and O–H groups in total. The van der Waals surface area contributed by atoms with Gasteiger partial charge in [0, 0.05) is 56.2 Å². The number of H-pyrrole nitrogens is 1. The standard InChI is InChI=1S/C20H23N5O2/c26-20(19-23-15-3-1-2-4-16(15)24-19)25-11-14(12-25)18-17(21-7-8-22-18)13-5-9-27-10-6-13/h1,3,7-8,13-14H,2,4-6,9-12H2,(H,23,24). The van der Waals surface area contributed by atoms with E-state index in [9.17, 15) is 4.79 Å². The fourth-order valence-corrected chi connectivity index (χ4v) is 4.20. The maximum atomic E-state index is 12.8. The van der Waals surface area contributed by atoms with Gasteiger partial charge >= 0.3 is 0 Å². The predicted octanol–water partition coefficient (Wildman–Crippen LogP) is 2.29. The first-order valence-electron chi connectivity index (χ1n) is 9.73. The molecule has 5 rings (SSSR count). The minimum atomic E-state index is -0.0226. The summed E-state index contributed by atoms with van der Waals surface area (Å²) in [5.74, 6) is 1.10. The number of aromatic amines is 1. The van der Waals surface area contributed by atoms with Gasteiger partial charge in [-0.15, -0.1) is 0 Å². The molecule has 0 bridgehead atoms. The van der Waals surface area contributed by atoms with Crippen molar-refractivity contribution >= 4 is 12.0 Å². The van der Waals surface area contributed by atoms with Crippen LogP contribution in [0.3, 0.4) is 0 Å². The molecule has 0 saturated carbocycles. The van der Waals surface area contributed by atoms with Gasteiger partial charge in [-0.2, -0.15) is 0 Å². The number of fused-ring (bicyclic) bond motifs is 1. The van der Waals surface area contributed by atoms with E-state index in [2.05, 4.69) is 26.0 Å². The lowest BCUT2D eigenvalue weighted by atomic mass is 9.87. The summed E-state index contributed by atoms with van der Waals surface area (Å²) in [5, 5.41) is 0. The predicted molar refractivity (Wildman–Crippen MR) is 99.4 cm³/mol. The van der Waals surface area contributed by atoms with Crippen molar-refractivity contribution < 1.29 is 9.53 Å². The van der Waals surface area contributed by atoms with Crippen LogP contribution in [0.25, 0.3) is 6.08 Å². The Labute approximate surface area is 157 Å². The zero-order chi connectivity index (χ0) is 18.2. The van der Waals surface area contributed by atoms with E-state index in [1.165, 1.54) is 0 Å². The Balaban J connectivity index is 1.29. The van der Waals surface area contributed by atoms with E-state index in [1.54, 1.807) is 12.4 Å². The first-order chi connectivity index (χ1) is 13.3. The third-order valence-electron chi connectivity index (χ3n) is 5.77. The van der Waals surface area contributed by atoms with E-state index in [0.717, 1.165) is 61.7 Å². The van der Waals surface area contributed by atoms with Crippen molar-refractivity contribution in [2.75, 3.05) is 26.3 Å². The average molecular weight is 365 g/mol. The second-order valence-corrected chi connectivity index (χ2v) is 7.51. The van der Waals surface area contributed by atoms with Crippen LogP contribution in [0, 0.1) is 0 Å². The Morgan fingerprint density at radius 2 is 1.85 bits per heavy atom. The monoisotopic (exact) mass is 365 g/mol. The topological polar surface area (TPSA) is 84.0 Å². The molecule has 2 saturated heterocycles. The third kappa shape index (κ3) is 3.06. The number of carbonyl (C=O) groups excluding carboxylic acids is 1. The molecule has 2 aliphatic heterocycles. The van der Waals surface area contributed by atoms with Crippen LogP contribution in [0.4, 0.5) is 0 Å². The van der Waals surface area contributed by atoms with Crippen molar-refractivity contribution in [3.8, 4) is 0 Å². The summed E-state index contributed by atoms with van der Waals surface area (Å²) in [6.45, 7) is 2.92. The lowest BCUT2D eigenvalue weighted by molar-refractivity contribution is 0.0581. The molecule has 0 atom stereocenters. The summed E-state index contributed by atoms with van der Waals surface area (Å²) in [7, 11) is 0. The fraction of sp³-hybridized carbons (Fsp3) is 0.500. The second-order valence-electron chi connectivity index (χ2n) is 7.51. The van der Waals surface area contributed by atoms with Crippen LogP contribution >= 0.6 is 0 Å². The average Bonchev–Trinajstić information content (AvgIpc) is 3.12. The third-order valence-corrected chi connectivity index (χ3v) is 5.77. The van der Waals surface area contributed by atoms with Gasteiger partial charge in [-0.25, -0.2) is 4.98 Å². The molecule has 2 aromatic heterocycles. The highest BCUT2D eigenvalue weighted by atomic mass is 16.5. The van der Waals surface area contributed by atoms with Crippen molar-refractivity contribution in [2.45, 2.75) is 37.5 Å². The van der Waals surface area contributed by atoms with E-state index in [-0.39, 0.29) is 11.8 Å². The highest BCUT2D eigenvalue weighted by molar-refractivity contribution is 5.91. The largest absolute Gasteiger partial charge is 0.381 e. The van der Waals surface area contributed by atoms with Crippen molar-refractivity contribution in [1.29, 1.82) is 0 Å². The van der Waals surface area contributed by atoms with Gasteiger partial charge in [0.15, 0.2) is 5.82 Å². The number of allylic oxidation sites excluding steroid dienone is 1. The molecular weight excluding hydrogens is 342 g/mol. The lowest BCUT2D eigenvalue weighted by Crippen LogP contribution is -2.49. The number of hydrogen-bond donors (Lipinski definition) is 1. The van der Waals surface area contributed by atoms with E-state index in [0.29, 0.717) is 24.8 Å². The van der Waals surface area contributed by atoms with Crippen LogP contribution in [0.2, 0.25) is 0 Å². The summed E-state index contributed by atoms with van der Waals surface area (Å²) >= 11 is 0. The number of amides is 1. The molecule has 1 amide bonds. The maximum absolute atomic E-state index is 12.8. The number of aryl methyl sites for hydroxylation is 1. The van der Waals surface area contributed by atoms with Gasteiger partial charge in [-0.05, 0) is 31.8 Å². The summed E-state index contributed by atoms with van der Waals surface area (Å²) in [4.78, 5) is 31.5. The van der Waals surface area contributed by atoms with Gasteiger partial charge in [0.1, 0.15) is 0 Å². The van der Waals surface area contributed by atoms with Crippen LogP contribution in [-0.2, 0) is 11.2 Å². The Bertz CT molecular complexity index is 878. The maximum Gasteiger partial charge on any atom is 0.289 e. The molecule has 7 heteroatoms. The van der Waals surface area contributed by atoms with Gasteiger partial charge in [0.25, 0.3) is 5.91 Å². The normalized spacial score (nSPS) is 20.4. The molecule has 7 nitrogen and oxygen atoms in total. The van der Waals surface area contributed by atoms with Crippen molar-refractivity contribution in [1.82, 2.24) is 24.8 Å². The Hall–Kier alpha value is -2.54. The number of imidazole rings is 1. The van der Waals surface area contributed by atoms with Crippen LogP contribution in [0.1, 0.15) is 64.5 Å². The highest BCUT2D eigenvalue weighted by Gasteiger charge is 2.37. The Morgan fingerprint density at radius 1 is 1.11 bits per heavy atom. The molecular formula is C20H23N5O2. The Kier molecular flexibility index (Phi) is 4.24. The van der Waals surface area contributed by atoms with Gasteiger partial charge in [-0.1, -0.05) is 6.08 Å². The van der Waals surface area contributed by atoms with Crippen LogP contribution in [0.15, 0.2) is 18.5 Å². The quantitative estimate of drug-likeness (QED) is 0.902. The first-order valence-corrected chi connectivity index (χ1v) is 9.73. The van der Waals surface area contributed by atoms with E-state index >= 15 is 0 Å². The number of nitrogens with one attached hydrogen (secondary N) is 1. The SMILES string of the molecule is O=C(c1nc2c([nH]1)CCC=C2)N1CC(c2nccnc2C2CCOCC2)C1. The number of rotatable bonds is 3. The Morgan fingerprint density at radius 3 is 2.59 bits per heavy atom. The summed E-state index contributed by atoms with van der Waals surface area (Å²) in [5.41, 5.74) is 4.11. The molecule has 0 aromatic carbocycles. The number of ether oxygens (including phenoxy) is 1. The minimum Gasteiger partial charge on any atom is -0.381 e. The number of nitrogens with zero attached hydrogens (tertiary/aromatic N) is 4. The molecule has 27 heavy (non-hydrogen) atoms. The minimum absolute atomic E-state index is 0.0226. The summed E-state index contributed by atoms with van der Waals surface area (Å²) < 4.78 is 5.48.